The maximum atomic E-state index is 12.4. The van der Waals surface area contributed by atoms with E-state index in [1.807, 2.05) is 30.3 Å². The Bertz CT molecular complexity index is 1160. The number of hydrogen-bond donors (Lipinski definition) is 2. The molecule has 7 nitrogen and oxygen atoms in total. The van der Waals surface area contributed by atoms with Gasteiger partial charge in [-0.3, -0.25) is 0 Å². The highest BCUT2D eigenvalue weighted by molar-refractivity contribution is 6.30. The van der Waals surface area contributed by atoms with E-state index >= 15 is 0 Å². The van der Waals surface area contributed by atoms with Gasteiger partial charge in [-0.2, -0.15) is 0 Å². The van der Waals surface area contributed by atoms with Crippen LogP contribution in [0.4, 0.5) is 0 Å². The Labute approximate surface area is 216 Å². The number of aliphatic hydroxyl groups excluding tert-OH is 1. The number of nitrogens with one attached hydrogen (secondary N) is 1. The molecule has 8 heteroatoms. The Balaban J connectivity index is 1.54. The van der Waals surface area contributed by atoms with Gasteiger partial charge in [0.2, 0.25) is 0 Å². The van der Waals surface area contributed by atoms with Gasteiger partial charge in [0.25, 0.3) is 0 Å². The first-order valence-electron chi connectivity index (χ1n) is 11.3. The molecule has 0 radical (unpaired) electrons. The molecule has 0 aliphatic rings. The summed E-state index contributed by atoms with van der Waals surface area (Å²) in [6.07, 6.45) is 1.02. The van der Waals surface area contributed by atoms with Crippen molar-refractivity contribution in [2.45, 2.75) is 12.6 Å². The van der Waals surface area contributed by atoms with Gasteiger partial charge in [0, 0.05) is 29.7 Å². The summed E-state index contributed by atoms with van der Waals surface area (Å²) in [5.41, 5.74) is 2.86. The number of rotatable bonds is 12. The first-order valence-corrected chi connectivity index (χ1v) is 11.7. The molecule has 3 rings (SSSR count). The van der Waals surface area contributed by atoms with Gasteiger partial charge in [-0.15, -0.1) is 0 Å². The van der Waals surface area contributed by atoms with Gasteiger partial charge in [0.15, 0.2) is 0 Å². The van der Waals surface area contributed by atoms with Crippen LogP contribution in [0.2, 0.25) is 5.02 Å². The lowest BCUT2D eigenvalue weighted by molar-refractivity contribution is -0.133. The normalized spacial score (nSPS) is 12.1. The molecule has 0 bridgehead atoms. The van der Waals surface area contributed by atoms with Crippen LogP contribution < -0.4 is 19.5 Å². The van der Waals surface area contributed by atoms with Crippen molar-refractivity contribution in [2.24, 2.45) is 0 Å². The van der Waals surface area contributed by atoms with E-state index in [0.717, 1.165) is 11.1 Å². The van der Waals surface area contributed by atoms with E-state index in [2.05, 4.69) is 5.32 Å². The molecule has 0 fully saturated rings. The quantitative estimate of drug-likeness (QED) is 0.209. The summed E-state index contributed by atoms with van der Waals surface area (Å²) in [5, 5.41) is 14.1. The zero-order valence-corrected chi connectivity index (χ0v) is 21.2. The van der Waals surface area contributed by atoms with Crippen molar-refractivity contribution in [3.63, 3.8) is 0 Å². The average Bonchev–Trinajstić information content (AvgIpc) is 2.91. The molecule has 0 heterocycles. The highest BCUT2D eigenvalue weighted by Crippen LogP contribution is 2.25. The Morgan fingerprint density at radius 2 is 1.67 bits per heavy atom. The number of carbonyl (C=O) groups is 1. The minimum Gasteiger partial charge on any atom is -0.497 e. The fraction of sp³-hybridized carbons (Fsp3) is 0.250. The third-order valence-electron chi connectivity index (χ3n) is 5.38. The zero-order chi connectivity index (χ0) is 25.9. The largest absolute Gasteiger partial charge is 0.497 e. The third-order valence-corrected chi connectivity index (χ3v) is 5.64. The third kappa shape index (κ3) is 7.75. The fourth-order valence-electron chi connectivity index (χ4n) is 3.45. The Hall–Kier alpha value is -3.52. The van der Waals surface area contributed by atoms with Crippen LogP contribution in [0.1, 0.15) is 16.7 Å². The van der Waals surface area contributed by atoms with E-state index in [1.165, 1.54) is 7.11 Å². The topological polar surface area (TPSA) is 86.3 Å². The maximum Gasteiger partial charge on any atom is 0.338 e. The fourth-order valence-corrected chi connectivity index (χ4v) is 3.58. The number of esters is 1. The molecule has 0 amide bonds. The van der Waals surface area contributed by atoms with Crippen LogP contribution >= 0.6 is 11.6 Å². The van der Waals surface area contributed by atoms with Crippen LogP contribution in [0.25, 0.3) is 11.6 Å². The molecule has 3 aromatic carbocycles. The molecule has 0 aliphatic carbocycles. The smallest absolute Gasteiger partial charge is 0.338 e. The highest BCUT2D eigenvalue weighted by atomic mass is 35.5. The number of aliphatic hydroxyl groups is 1. The molecule has 0 aliphatic heterocycles. The maximum absolute atomic E-state index is 12.4. The van der Waals surface area contributed by atoms with E-state index in [9.17, 15) is 9.90 Å². The molecule has 1 atom stereocenters. The molecule has 3 aromatic rings. The van der Waals surface area contributed by atoms with Gasteiger partial charge in [-0.25, -0.2) is 4.79 Å². The van der Waals surface area contributed by atoms with Crippen molar-refractivity contribution in [3.05, 3.63) is 88.4 Å². The van der Waals surface area contributed by atoms with Crippen molar-refractivity contribution in [1.82, 2.24) is 5.32 Å². The molecular weight excluding hydrogens is 482 g/mol. The van der Waals surface area contributed by atoms with Crippen LogP contribution in [0.15, 0.2) is 66.7 Å². The minimum atomic E-state index is -0.718. The van der Waals surface area contributed by atoms with Crippen LogP contribution in [0.5, 0.6) is 17.2 Å². The predicted molar refractivity (Wildman–Crippen MR) is 141 cm³/mol. The minimum absolute atomic E-state index is 0.108. The standard InChI is InChI=1S/C28H30ClNO6/c1-33-25-13-8-21(27(15-25)34-2)16-30-17-23(31)18-36-24-11-6-20(7-12-24)26(28(32)35-3)14-19-4-9-22(29)10-5-19/h4-15,23,30-31H,16-18H2,1-3H3. The lowest BCUT2D eigenvalue weighted by atomic mass is 10.0. The summed E-state index contributed by atoms with van der Waals surface area (Å²) >= 11 is 5.95. The highest BCUT2D eigenvalue weighted by Gasteiger charge is 2.13. The second-order valence-corrected chi connectivity index (χ2v) is 8.34. The summed E-state index contributed by atoms with van der Waals surface area (Å²) in [7, 11) is 4.55. The molecule has 36 heavy (non-hydrogen) atoms. The second-order valence-electron chi connectivity index (χ2n) is 7.90. The van der Waals surface area contributed by atoms with Crippen molar-refractivity contribution in [3.8, 4) is 17.2 Å². The number of hydrogen-bond acceptors (Lipinski definition) is 7. The second kappa shape index (κ2) is 13.5. The summed E-state index contributed by atoms with van der Waals surface area (Å²) < 4.78 is 21.3. The van der Waals surface area contributed by atoms with E-state index in [-0.39, 0.29) is 6.61 Å². The number of methoxy groups -OCH3 is 3. The summed E-state index contributed by atoms with van der Waals surface area (Å²) in [5.74, 6) is 1.55. The van der Waals surface area contributed by atoms with Crippen molar-refractivity contribution >= 4 is 29.2 Å². The zero-order valence-electron chi connectivity index (χ0n) is 20.5. The lowest BCUT2D eigenvalue weighted by Gasteiger charge is -2.15. The first kappa shape index (κ1) is 27.1. The van der Waals surface area contributed by atoms with E-state index in [1.54, 1.807) is 56.7 Å². The van der Waals surface area contributed by atoms with Crippen LogP contribution in [0, 0.1) is 0 Å². The lowest BCUT2D eigenvalue weighted by Crippen LogP contribution is -2.31. The number of benzene rings is 3. The average molecular weight is 512 g/mol. The molecule has 0 saturated heterocycles. The molecule has 2 N–H and O–H groups in total. The monoisotopic (exact) mass is 511 g/mol. The van der Waals surface area contributed by atoms with Gasteiger partial charge in [-0.05, 0) is 47.5 Å². The Morgan fingerprint density at radius 1 is 0.972 bits per heavy atom. The van der Waals surface area contributed by atoms with Crippen molar-refractivity contribution in [1.29, 1.82) is 0 Å². The van der Waals surface area contributed by atoms with Gasteiger partial charge in [0.1, 0.15) is 30.0 Å². The van der Waals surface area contributed by atoms with Crippen molar-refractivity contribution in [2.75, 3.05) is 34.5 Å². The van der Waals surface area contributed by atoms with Gasteiger partial charge < -0.3 is 29.4 Å². The van der Waals surface area contributed by atoms with Crippen molar-refractivity contribution < 1.29 is 28.8 Å². The molecular formula is C28H30ClNO6. The van der Waals surface area contributed by atoms with Crippen LogP contribution in [-0.2, 0) is 16.1 Å². The van der Waals surface area contributed by atoms with Crippen LogP contribution in [0.3, 0.4) is 0 Å². The molecule has 0 saturated carbocycles. The van der Waals surface area contributed by atoms with E-state index in [4.69, 9.17) is 30.5 Å². The molecule has 0 spiro atoms. The summed E-state index contributed by atoms with van der Waals surface area (Å²) in [6.45, 7) is 0.968. The first-order chi connectivity index (χ1) is 17.4. The SMILES string of the molecule is COC(=O)C(=Cc1ccc(Cl)cc1)c1ccc(OCC(O)CNCc2ccc(OC)cc2OC)cc1. The summed E-state index contributed by atoms with van der Waals surface area (Å²) in [4.78, 5) is 12.4. The number of ether oxygens (including phenoxy) is 4. The summed E-state index contributed by atoms with van der Waals surface area (Å²) in [6, 6.07) is 19.8. The molecule has 190 valence electrons. The predicted octanol–water partition coefficient (Wildman–Crippen LogP) is 4.60. The van der Waals surface area contributed by atoms with E-state index in [0.29, 0.717) is 46.5 Å². The van der Waals surface area contributed by atoms with Crippen LogP contribution in [-0.4, -0.2) is 51.7 Å². The number of halogens is 1. The Morgan fingerprint density at radius 3 is 2.31 bits per heavy atom. The Kier molecular flexibility index (Phi) is 10.2. The van der Waals surface area contributed by atoms with Gasteiger partial charge in [-0.1, -0.05) is 41.9 Å². The molecule has 0 aromatic heterocycles. The van der Waals surface area contributed by atoms with E-state index < -0.39 is 12.1 Å². The molecule has 1 unspecified atom stereocenters. The van der Waals surface area contributed by atoms with Gasteiger partial charge >= 0.3 is 5.97 Å². The van der Waals surface area contributed by atoms with Gasteiger partial charge in [0.05, 0.1) is 26.9 Å². The number of carbonyl (C=O) groups excluding carboxylic acids is 1.